The van der Waals surface area contributed by atoms with Gasteiger partial charge in [-0.3, -0.25) is 9.97 Å². The minimum absolute atomic E-state index is 0.133. The van der Waals surface area contributed by atoms with Crippen molar-refractivity contribution >= 4 is 10.0 Å². The molecule has 4 rings (SSSR count). The fourth-order valence-electron chi connectivity index (χ4n) is 3.22. The van der Waals surface area contributed by atoms with Crippen molar-refractivity contribution in [2.75, 3.05) is 7.11 Å². The van der Waals surface area contributed by atoms with Crippen LogP contribution in [0.15, 0.2) is 96.3 Å². The average Bonchev–Trinajstić information content (AvgIpc) is 2.84. The van der Waals surface area contributed by atoms with Crippen molar-refractivity contribution in [3.05, 3.63) is 97.0 Å². The van der Waals surface area contributed by atoms with Crippen LogP contribution in [-0.2, 0) is 16.6 Å². The van der Waals surface area contributed by atoms with Gasteiger partial charge in [-0.1, -0.05) is 30.3 Å². The predicted molar refractivity (Wildman–Crippen MR) is 120 cm³/mol. The maximum atomic E-state index is 12.8. The highest BCUT2D eigenvalue weighted by molar-refractivity contribution is 7.89. The Morgan fingerprint density at radius 3 is 2.10 bits per heavy atom. The molecule has 0 saturated carbocycles. The molecule has 4 aromatic rings. The van der Waals surface area contributed by atoms with Gasteiger partial charge in [0, 0.05) is 30.7 Å². The lowest BCUT2D eigenvalue weighted by Crippen LogP contribution is -2.23. The molecule has 0 fully saturated rings. The molecular weight excluding hydrogens is 410 g/mol. The maximum absolute atomic E-state index is 12.8. The van der Waals surface area contributed by atoms with Crippen LogP contribution >= 0.6 is 0 Å². The molecule has 2 heterocycles. The molecule has 0 aliphatic carbocycles. The van der Waals surface area contributed by atoms with Gasteiger partial charge in [0.15, 0.2) is 0 Å². The zero-order valence-corrected chi connectivity index (χ0v) is 17.7. The third-order valence-corrected chi connectivity index (χ3v) is 6.30. The van der Waals surface area contributed by atoms with Gasteiger partial charge in [-0.25, -0.2) is 13.1 Å². The third kappa shape index (κ3) is 4.79. The molecule has 0 spiro atoms. The average molecular weight is 432 g/mol. The Kier molecular flexibility index (Phi) is 6.06. The Balaban J connectivity index is 1.51. The SMILES string of the molecule is COc1ccc(-c2ccc(S(=O)(=O)NCc3cccnc3-c3ccncc3)cc2)cc1. The minimum Gasteiger partial charge on any atom is -0.497 e. The number of rotatable bonds is 7. The fourth-order valence-corrected chi connectivity index (χ4v) is 4.22. The number of hydrogen-bond acceptors (Lipinski definition) is 5. The van der Waals surface area contributed by atoms with Crippen LogP contribution in [0, 0.1) is 0 Å². The van der Waals surface area contributed by atoms with E-state index in [4.69, 9.17) is 4.74 Å². The summed E-state index contributed by atoms with van der Waals surface area (Å²) in [5.41, 5.74) is 4.30. The van der Waals surface area contributed by atoms with Crippen molar-refractivity contribution in [1.29, 1.82) is 0 Å². The van der Waals surface area contributed by atoms with E-state index in [0.29, 0.717) is 0 Å². The van der Waals surface area contributed by atoms with E-state index in [9.17, 15) is 8.42 Å². The number of pyridine rings is 2. The van der Waals surface area contributed by atoms with Gasteiger partial charge in [0.2, 0.25) is 10.0 Å². The van der Waals surface area contributed by atoms with Crippen molar-refractivity contribution in [2.24, 2.45) is 0 Å². The number of sulfonamides is 1. The Morgan fingerprint density at radius 2 is 1.45 bits per heavy atom. The quantitative estimate of drug-likeness (QED) is 0.472. The summed E-state index contributed by atoms with van der Waals surface area (Å²) in [5.74, 6) is 0.772. The summed E-state index contributed by atoms with van der Waals surface area (Å²) in [6, 6.07) is 21.8. The summed E-state index contributed by atoms with van der Waals surface area (Å²) >= 11 is 0. The van der Waals surface area contributed by atoms with E-state index in [1.165, 1.54) is 0 Å². The van der Waals surface area contributed by atoms with Crippen LogP contribution in [-0.4, -0.2) is 25.5 Å². The first-order chi connectivity index (χ1) is 15.1. The van der Waals surface area contributed by atoms with Crippen molar-refractivity contribution in [1.82, 2.24) is 14.7 Å². The molecule has 0 radical (unpaired) electrons. The van der Waals surface area contributed by atoms with E-state index in [1.807, 2.05) is 42.5 Å². The lowest BCUT2D eigenvalue weighted by Gasteiger charge is -2.11. The number of ether oxygens (including phenoxy) is 1. The van der Waals surface area contributed by atoms with Gasteiger partial charge in [-0.2, -0.15) is 0 Å². The highest BCUT2D eigenvalue weighted by Gasteiger charge is 2.15. The number of hydrogen-bond donors (Lipinski definition) is 1. The van der Waals surface area contributed by atoms with Gasteiger partial charge in [-0.15, -0.1) is 0 Å². The van der Waals surface area contributed by atoms with E-state index < -0.39 is 10.0 Å². The predicted octanol–water partition coefficient (Wildman–Crippen LogP) is 4.30. The van der Waals surface area contributed by atoms with Crippen LogP contribution in [0.4, 0.5) is 0 Å². The molecule has 6 nitrogen and oxygen atoms in total. The second kappa shape index (κ2) is 9.07. The third-order valence-electron chi connectivity index (χ3n) is 4.89. The van der Waals surface area contributed by atoms with Crippen LogP contribution in [0.3, 0.4) is 0 Å². The smallest absolute Gasteiger partial charge is 0.240 e. The van der Waals surface area contributed by atoms with E-state index in [1.54, 1.807) is 56.0 Å². The van der Waals surface area contributed by atoms with Gasteiger partial charge in [0.1, 0.15) is 5.75 Å². The Hall–Kier alpha value is -3.55. The topological polar surface area (TPSA) is 81.2 Å². The molecule has 31 heavy (non-hydrogen) atoms. The van der Waals surface area contributed by atoms with Gasteiger partial charge in [-0.05, 0) is 59.2 Å². The van der Waals surface area contributed by atoms with Crippen LogP contribution in [0.5, 0.6) is 5.75 Å². The van der Waals surface area contributed by atoms with Crippen molar-refractivity contribution in [3.8, 4) is 28.1 Å². The lowest BCUT2D eigenvalue weighted by atomic mass is 10.1. The molecule has 0 atom stereocenters. The molecule has 156 valence electrons. The van der Waals surface area contributed by atoms with Crippen LogP contribution in [0.1, 0.15) is 5.56 Å². The summed E-state index contributed by atoms with van der Waals surface area (Å²) in [7, 11) is -2.06. The molecule has 7 heteroatoms. The van der Waals surface area contributed by atoms with E-state index in [2.05, 4.69) is 14.7 Å². The van der Waals surface area contributed by atoms with Crippen molar-refractivity contribution in [2.45, 2.75) is 11.4 Å². The van der Waals surface area contributed by atoms with Gasteiger partial charge in [0.05, 0.1) is 17.7 Å². The molecule has 2 aromatic carbocycles. The molecule has 0 aliphatic rings. The first kappa shape index (κ1) is 20.7. The molecule has 0 bridgehead atoms. The minimum atomic E-state index is -3.68. The Labute approximate surface area is 181 Å². The maximum Gasteiger partial charge on any atom is 0.240 e. The highest BCUT2D eigenvalue weighted by atomic mass is 32.2. The molecular formula is C24H21N3O3S. The van der Waals surface area contributed by atoms with Gasteiger partial charge >= 0.3 is 0 Å². The zero-order chi connectivity index (χ0) is 21.7. The second-order valence-corrected chi connectivity index (χ2v) is 8.59. The number of nitrogens with one attached hydrogen (secondary N) is 1. The largest absolute Gasteiger partial charge is 0.497 e. The van der Waals surface area contributed by atoms with Crippen molar-refractivity contribution < 1.29 is 13.2 Å². The molecule has 0 unspecified atom stereocenters. The second-order valence-electron chi connectivity index (χ2n) is 6.82. The van der Waals surface area contributed by atoms with Crippen LogP contribution in [0.2, 0.25) is 0 Å². The summed E-state index contributed by atoms with van der Waals surface area (Å²) in [6.45, 7) is 0.133. The summed E-state index contributed by atoms with van der Waals surface area (Å²) < 4.78 is 33.5. The van der Waals surface area contributed by atoms with E-state index in [-0.39, 0.29) is 11.4 Å². The van der Waals surface area contributed by atoms with E-state index >= 15 is 0 Å². The first-order valence-electron chi connectivity index (χ1n) is 9.65. The van der Waals surface area contributed by atoms with Crippen LogP contribution in [0.25, 0.3) is 22.4 Å². The zero-order valence-electron chi connectivity index (χ0n) is 16.9. The summed E-state index contributed by atoms with van der Waals surface area (Å²) in [4.78, 5) is 8.63. The lowest BCUT2D eigenvalue weighted by molar-refractivity contribution is 0.415. The molecule has 0 amide bonds. The normalized spacial score (nSPS) is 11.3. The summed E-state index contributed by atoms with van der Waals surface area (Å²) in [5, 5.41) is 0. The Morgan fingerprint density at radius 1 is 0.806 bits per heavy atom. The fraction of sp³-hybridized carbons (Fsp3) is 0.0833. The molecule has 2 aromatic heterocycles. The van der Waals surface area contributed by atoms with Crippen molar-refractivity contribution in [3.63, 3.8) is 0 Å². The van der Waals surface area contributed by atoms with Gasteiger partial charge in [0.25, 0.3) is 0 Å². The summed E-state index contributed by atoms with van der Waals surface area (Å²) in [6.07, 6.45) is 5.05. The standard InChI is InChI=1S/C24H21N3O3S/c1-30-22-8-4-18(5-9-22)19-6-10-23(11-7-19)31(28,29)27-17-21-3-2-14-26-24(21)20-12-15-25-16-13-20/h2-16,27H,17H2,1H3. The van der Waals surface area contributed by atoms with Crippen LogP contribution < -0.4 is 9.46 Å². The number of aromatic nitrogens is 2. The monoisotopic (exact) mass is 431 g/mol. The number of nitrogens with zero attached hydrogens (tertiary/aromatic N) is 2. The first-order valence-corrected chi connectivity index (χ1v) is 11.1. The Bertz CT molecular complexity index is 1260. The number of methoxy groups -OCH3 is 1. The number of benzene rings is 2. The molecule has 1 N–H and O–H groups in total. The van der Waals surface area contributed by atoms with Gasteiger partial charge < -0.3 is 4.74 Å². The molecule has 0 aliphatic heterocycles. The molecule has 0 saturated heterocycles. The highest BCUT2D eigenvalue weighted by Crippen LogP contribution is 2.24. The van der Waals surface area contributed by atoms with E-state index in [0.717, 1.165) is 33.7 Å².